The first-order valence-corrected chi connectivity index (χ1v) is 8.91. The fourth-order valence-electron chi connectivity index (χ4n) is 3.56. The van der Waals surface area contributed by atoms with E-state index in [0.717, 1.165) is 11.1 Å². The Balaban J connectivity index is 1.41. The highest BCUT2D eigenvalue weighted by Crippen LogP contribution is 2.34. The monoisotopic (exact) mass is 369 g/mol. The molecule has 2 heterocycles. The Morgan fingerprint density at radius 2 is 1.85 bits per heavy atom. The Hall–Kier alpha value is -3.09. The number of amides is 3. The van der Waals surface area contributed by atoms with Gasteiger partial charge in [-0.05, 0) is 23.3 Å². The highest BCUT2D eigenvalue weighted by Gasteiger charge is 2.46. The fourth-order valence-corrected chi connectivity index (χ4v) is 3.56. The number of rotatable bonds is 3. The molecular formula is C20H20FN3O3. The maximum atomic E-state index is 13.0. The van der Waals surface area contributed by atoms with Gasteiger partial charge in [-0.3, -0.25) is 4.90 Å². The van der Waals surface area contributed by atoms with Crippen LogP contribution in [0, 0.1) is 5.82 Å². The molecule has 2 saturated heterocycles. The van der Waals surface area contributed by atoms with E-state index in [2.05, 4.69) is 5.32 Å². The number of cyclic esters (lactones) is 1. The minimum atomic E-state index is -0.383. The maximum absolute atomic E-state index is 13.0. The summed E-state index contributed by atoms with van der Waals surface area (Å²) in [4.78, 5) is 28.1. The molecular weight excluding hydrogens is 349 g/mol. The topological polar surface area (TPSA) is 61.9 Å². The molecule has 7 heteroatoms. The number of carbonyl (C=O) groups excluding carboxylic acids is 2. The zero-order valence-corrected chi connectivity index (χ0v) is 14.7. The van der Waals surface area contributed by atoms with Crippen molar-refractivity contribution in [3.63, 3.8) is 0 Å². The average molecular weight is 369 g/mol. The first-order chi connectivity index (χ1) is 13.1. The summed E-state index contributed by atoms with van der Waals surface area (Å²) in [5, 5.41) is 2.85. The summed E-state index contributed by atoms with van der Waals surface area (Å²) < 4.78 is 18.5. The second kappa shape index (κ2) is 7.26. The summed E-state index contributed by atoms with van der Waals surface area (Å²) >= 11 is 0. The Morgan fingerprint density at radius 3 is 2.59 bits per heavy atom. The number of ether oxygens (including phenoxy) is 1. The lowest BCUT2D eigenvalue weighted by atomic mass is 10.0. The first kappa shape index (κ1) is 17.3. The van der Waals surface area contributed by atoms with Gasteiger partial charge in [-0.1, -0.05) is 42.5 Å². The maximum Gasteiger partial charge on any atom is 0.410 e. The molecule has 2 atom stereocenters. The van der Waals surface area contributed by atoms with E-state index in [-0.39, 0.29) is 30.1 Å². The zero-order valence-electron chi connectivity index (χ0n) is 14.7. The summed E-state index contributed by atoms with van der Waals surface area (Å²) in [6.45, 7) is 1.61. The minimum absolute atomic E-state index is 0.203. The van der Waals surface area contributed by atoms with Gasteiger partial charge in [0.1, 0.15) is 5.82 Å². The van der Waals surface area contributed by atoms with Gasteiger partial charge < -0.3 is 15.0 Å². The largest absolute Gasteiger partial charge is 0.439 e. The molecule has 27 heavy (non-hydrogen) atoms. The molecule has 2 aliphatic rings. The molecule has 0 aromatic heterocycles. The van der Waals surface area contributed by atoms with E-state index < -0.39 is 0 Å². The van der Waals surface area contributed by atoms with Crippen molar-refractivity contribution in [2.75, 3.05) is 19.6 Å². The van der Waals surface area contributed by atoms with E-state index in [1.54, 1.807) is 21.9 Å². The molecule has 0 radical (unpaired) electrons. The molecule has 2 aromatic carbocycles. The highest BCUT2D eigenvalue weighted by atomic mass is 19.1. The first-order valence-electron chi connectivity index (χ1n) is 8.91. The van der Waals surface area contributed by atoms with E-state index in [9.17, 15) is 14.0 Å². The van der Waals surface area contributed by atoms with E-state index in [4.69, 9.17) is 4.74 Å². The van der Waals surface area contributed by atoms with Crippen molar-refractivity contribution in [3.05, 3.63) is 71.5 Å². The van der Waals surface area contributed by atoms with Crippen molar-refractivity contribution in [2.45, 2.75) is 18.7 Å². The van der Waals surface area contributed by atoms with Gasteiger partial charge >= 0.3 is 12.1 Å². The predicted molar refractivity (Wildman–Crippen MR) is 96.4 cm³/mol. The lowest BCUT2D eigenvalue weighted by molar-refractivity contribution is 0.115. The molecule has 2 aromatic rings. The van der Waals surface area contributed by atoms with Crippen LogP contribution in [0.4, 0.5) is 14.0 Å². The van der Waals surface area contributed by atoms with Crippen molar-refractivity contribution in [1.82, 2.24) is 15.1 Å². The Morgan fingerprint density at radius 1 is 1.11 bits per heavy atom. The lowest BCUT2D eigenvalue weighted by Crippen LogP contribution is -2.56. The van der Waals surface area contributed by atoms with Crippen LogP contribution >= 0.6 is 0 Å². The Bertz CT molecular complexity index is 828. The van der Waals surface area contributed by atoms with Gasteiger partial charge in [-0.15, -0.1) is 0 Å². The number of fused-ring (bicyclic) bond motifs is 1. The van der Waals surface area contributed by atoms with Crippen LogP contribution in [0.3, 0.4) is 0 Å². The number of benzene rings is 2. The third-order valence-electron chi connectivity index (χ3n) is 5.00. The number of piperazine rings is 1. The SMILES string of the molecule is O=C(NCc1ccc(F)cc1)N1CCN2C(=O)OC(c3ccccc3)C2C1. The number of hydrogen-bond acceptors (Lipinski definition) is 3. The molecule has 1 N–H and O–H groups in total. The molecule has 0 aliphatic carbocycles. The van der Waals surface area contributed by atoms with Crippen LogP contribution in [0.5, 0.6) is 0 Å². The van der Waals surface area contributed by atoms with E-state index in [1.165, 1.54) is 12.1 Å². The molecule has 2 aliphatic heterocycles. The van der Waals surface area contributed by atoms with Gasteiger partial charge in [-0.25, -0.2) is 14.0 Å². The average Bonchev–Trinajstić information content (AvgIpc) is 3.04. The van der Waals surface area contributed by atoms with Crippen LogP contribution in [0.1, 0.15) is 17.2 Å². The number of nitrogens with one attached hydrogen (secondary N) is 1. The number of carbonyl (C=O) groups is 2. The van der Waals surface area contributed by atoms with Crippen molar-refractivity contribution < 1.29 is 18.7 Å². The molecule has 4 rings (SSSR count). The molecule has 2 unspecified atom stereocenters. The van der Waals surface area contributed by atoms with Gasteiger partial charge in [0.25, 0.3) is 0 Å². The molecule has 3 amide bonds. The standard InChI is InChI=1S/C20H20FN3O3/c21-16-8-6-14(7-9-16)12-22-19(25)23-10-11-24-17(13-23)18(27-20(24)26)15-4-2-1-3-5-15/h1-9,17-18H,10-13H2,(H,22,25). The quantitative estimate of drug-likeness (QED) is 0.905. The highest BCUT2D eigenvalue weighted by molar-refractivity contribution is 5.76. The number of halogens is 1. The second-order valence-electron chi connectivity index (χ2n) is 6.71. The smallest absolute Gasteiger partial charge is 0.410 e. The fraction of sp³-hybridized carbons (Fsp3) is 0.300. The molecule has 2 fully saturated rings. The lowest BCUT2D eigenvalue weighted by Gasteiger charge is -2.37. The van der Waals surface area contributed by atoms with Gasteiger partial charge in [0.2, 0.25) is 0 Å². The predicted octanol–water partition coefficient (Wildman–Crippen LogP) is 2.91. The molecule has 0 saturated carbocycles. The van der Waals surface area contributed by atoms with Crippen molar-refractivity contribution >= 4 is 12.1 Å². The number of hydrogen-bond donors (Lipinski definition) is 1. The van der Waals surface area contributed by atoms with Crippen LogP contribution in [-0.4, -0.2) is 47.6 Å². The number of nitrogens with zero attached hydrogens (tertiary/aromatic N) is 2. The van der Waals surface area contributed by atoms with E-state index >= 15 is 0 Å². The van der Waals surface area contributed by atoms with Crippen molar-refractivity contribution in [3.8, 4) is 0 Å². The summed E-state index contributed by atoms with van der Waals surface area (Å²) in [6, 6.07) is 15.2. The van der Waals surface area contributed by atoms with Gasteiger partial charge in [0.05, 0.1) is 6.04 Å². The molecule has 0 bridgehead atoms. The van der Waals surface area contributed by atoms with E-state index in [1.807, 2.05) is 30.3 Å². The molecule has 0 spiro atoms. The van der Waals surface area contributed by atoms with Gasteiger partial charge in [-0.2, -0.15) is 0 Å². The Labute approximate surface area is 156 Å². The van der Waals surface area contributed by atoms with Crippen LogP contribution in [0.25, 0.3) is 0 Å². The summed E-state index contributed by atoms with van der Waals surface area (Å²) in [7, 11) is 0. The Kier molecular flexibility index (Phi) is 4.66. The van der Waals surface area contributed by atoms with Crippen LogP contribution < -0.4 is 5.32 Å². The van der Waals surface area contributed by atoms with Gasteiger partial charge in [0, 0.05) is 26.2 Å². The summed E-state index contributed by atoms with van der Waals surface area (Å²) in [5.41, 5.74) is 1.75. The van der Waals surface area contributed by atoms with Crippen LogP contribution in [0.2, 0.25) is 0 Å². The zero-order chi connectivity index (χ0) is 18.8. The second-order valence-corrected chi connectivity index (χ2v) is 6.71. The van der Waals surface area contributed by atoms with Crippen LogP contribution in [0.15, 0.2) is 54.6 Å². The van der Waals surface area contributed by atoms with Crippen molar-refractivity contribution in [2.24, 2.45) is 0 Å². The molecule has 140 valence electrons. The van der Waals surface area contributed by atoms with Crippen LogP contribution in [-0.2, 0) is 11.3 Å². The third-order valence-corrected chi connectivity index (χ3v) is 5.00. The summed E-state index contributed by atoms with van der Waals surface area (Å²) in [5.74, 6) is -0.306. The number of urea groups is 1. The van der Waals surface area contributed by atoms with Crippen molar-refractivity contribution in [1.29, 1.82) is 0 Å². The minimum Gasteiger partial charge on any atom is -0.439 e. The van der Waals surface area contributed by atoms with E-state index in [0.29, 0.717) is 26.2 Å². The van der Waals surface area contributed by atoms with Gasteiger partial charge in [0.15, 0.2) is 6.10 Å². The summed E-state index contributed by atoms with van der Waals surface area (Å²) in [6.07, 6.45) is -0.716. The normalized spacial score (nSPS) is 21.6. The molecule has 6 nitrogen and oxygen atoms in total. The third kappa shape index (κ3) is 3.58.